The van der Waals surface area contributed by atoms with E-state index in [2.05, 4.69) is 20.8 Å². The molecular formula is C20H25N5O. The van der Waals surface area contributed by atoms with Gasteiger partial charge < -0.3 is 15.5 Å². The number of carbonyl (C=O) groups excluding carboxylic acids is 1. The maximum atomic E-state index is 12.7. The highest BCUT2D eigenvalue weighted by Crippen LogP contribution is 3.05. The van der Waals surface area contributed by atoms with E-state index in [0.29, 0.717) is 17.2 Å². The van der Waals surface area contributed by atoms with Crippen molar-refractivity contribution < 1.29 is 4.79 Å². The highest BCUT2D eigenvalue weighted by Gasteiger charge is 3.03. The fourth-order valence-corrected chi connectivity index (χ4v) is 8.35. The van der Waals surface area contributed by atoms with Crippen LogP contribution in [0.15, 0.2) is 12.1 Å². The average Bonchev–Trinajstić information content (AvgIpc) is 2.72. The van der Waals surface area contributed by atoms with Crippen LogP contribution in [0.5, 0.6) is 0 Å². The molecular weight excluding hydrogens is 326 g/mol. The summed E-state index contributed by atoms with van der Waals surface area (Å²) < 4.78 is 0. The minimum Gasteiger partial charge on any atom is -0.368 e. The fourth-order valence-electron chi connectivity index (χ4n) is 8.35. The molecule has 0 aromatic carbocycles. The topological polar surface area (TPSA) is 70.2 Å². The third-order valence-corrected chi connectivity index (χ3v) is 9.32. The Bertz CT molecular complexity index is 750. The van der Waals surface area contributed by atoms with E-state index >= 15 is 0 Å². The molecule has 6 saturated carbocycles. The van der Waals surface area contributed by atoms with E-state index in [0.717, 1.165) is 73.8 Å². The zero-order chi connectivity index (χ0) is 17.2. The molecule has 0 atom stereocenters. The third-order valence-electron chi connectivity index (χ3n) is 9.32. The quantitative estimate of drug-likeness (QED) is 0.831. The molecule has 8 rings (SSSR count). The lowest BCUT2D eigenvalue weighted by Crippen LogP contribution is -3.06. The van der Waals surface area contributed by atoms with Gasteiger partial charge in [-0.25, -0.2) is 0 Å². The Morgan fingerprint density at radius 1 is 1.15 bits per heavy atom. The SMILES string of the molecule is CN(C(=O)c1ccc(NCC23C4C5C6C4C2C6C53)nn1)C1CCNCC1. The highest BCUT2D eigenvalue weighted by molar-refractivity contribution is 5.92. The van der Waals surface area contributed by atoms with E-state index in [-0.39, 0.29) is 5.91 Å². The summed E-state index contributed by atoms with van der Waals surface area (Å²) in [6.45, 7) is 3.02. The molecule has 6 aliphatic carbocycles. The summed E-state index contributed by atoms with van der Waals surface area (Å²) in [7, 11) is 1.89. The second-order valence-electron chi connectivity index (χ2n) is 9.55. The lowest BCUT2D eigenvalue weighted by molar-refractivity contribution is -0.610. The van der Waals surface area contributed by atoms with Gasteiger partial charge in [0.15, 0.2) is 5.69 Å². The normalized spacial score (nSPS) is 48.1. The predicted octanol–water partition coefficient (Wildman–Crippen LogP) is 1.08. The number of hydrogen-bond acceptors (Lipinski definition) is 5. The van der Waals surface area contributed by atoms with Gasteiger partial charge in [-0.2, -0.15) is 0 Å². The van der Waals surface area contributed by atoms with Crippen molar-refractivity contribution in [1.82, 2.24) is 20.4 Å². The van der Waals surface area contributed by atoms with Crippen LogP contribution in [0, 0.1) is 46.8 Å². The molecule has 1 aromatic rings. The molecule has 0 unspecified atom stereocenters. The molecule has 2 N–H and O–H groups in total. The van der Waals surface area contributed by atoms with Crippen LogP contribution in [-0.2, 0) is 0 Å². The molecule has 136 valence electrons. The molecule has 7 fully saturated rings. The number of anilines is 1. The Kier molecular flexibility index (Phi) is 2.44. The van der Waals surface area contributed by atoms with E-state index in [1.165, 1.54) is 5.92 Å². The van der Waals surface area contributed by atoms with Gasteiger partial charge in [-0.05, 0) is 84.9 Å². The van der Waals surface area contributed by atoms with Crippen molar-refractivity contribution in [2.75, 3.05) is 32.0 Å². The number of aromatic nitrogens is 2. The number of hydrogen-bond donors (Lipinski definition) is 2. The molecule has 26 heavy (non-hydrogen) atoms. The Hall–Kier alpha value is -1.69. The number of piperidine rings is 1. The van der Waals surface area contributed by atoms with Crippen molar-refractivity contribution in [3.8, 4) is 0 Å². The number of carbonyl (C=O) groups is 1. The molecule has 0 spiro atoms. The highest BCUT2D eigenvalue weighted by atomic mass is 16.2. The maximum Gasteiger partial charge on any atom is 0.274 e. The van der Waals surface area contributed by atoms with Crippen LogP contribution in [-0.4, -0.2) is 53.7 Å². The standard InChI is InChI=1S/C20H25N5O/c1-25(9-4-6-21-7-5-9)19(26)10-2-3-11(24-23-10)22-8-20-16-13-12-14(16)18(20)15(12)17(13)20/h2-3,9,12-18,21H,4-8H2,1H3,(H,22,24). The van der Waals surface area contributed by atoms with Gasteiger partial charge in [-0.15, -0.1) is 10.2 Å². The van der Waals surface area contributed by atoms with Crippen LogP contribution in [0.4, 0.5) is 5.82 Å². The molecule has 6 heteroatoms. The van der Waals surface area contributed by atoms with Crippen molar-refractivity contribution in [3.63, 3.8) is 0 Å². The van der Waals surface area contributed by atoms with E-state index in [4.69, 9.17) is 0 Å². The first-order chi connectivity index (χ1) is 12.7. The van der Waals surface area contributed by atoms with Crippen LogP contribution in [0.2, 0.25) is 0 Å². The second-order valence-corrected chi connectivity index (χ2v) is 9.55. The van der Waals surface area contributed by atoms with Crippen molar-refractivity contribution in [2.45, 2.75) is 18.9 Å². The van der Waals surface area contributed by atoms with Gasteiger partial charge in [0.25, 0.3) is 5.91 Å². The summed E-state index contributed by atoms with van der Waals surface area (Å²) in [6, 6.07) is 4.06. The van der Waals surface area contributed by atoms with E-state index < -0.39 is 0 Å². The summed E-state index contributed by atoms with van der Waals surface area (Å²) >= 11 is 0. The van der Waals surface area contributed by atoms with Gasteiger partial charge in [0.2, 0.25) is 0 Å². The lowest BCUT2D eigenvalue weighted by atomic mass is 8.96. The third kappa shape index (κ3) is 1.30. The van der Waals surface area contributed by atoms with Crippen LogP contribution < -0.4 is 10.6 Å². The molecule has 1 saturated heterocycles. The van der Waals surface area contributed by atoms with Gasteiger partial charge in [0.1, 0.15) is 5.82 Å². The first-order valence-electron chi connectivity index (χ1n) is 10.3. The number of rotatable bonds is 5. The van der Waals surface area contributed by atoms with Crippen LogP contribution >= 0.6 is 0 Å². The first-order valence-corrected chi connectivity index (χ1v) is 10.3. The van der Waals surface area contributed by atoms with E-state index in [9.17, 15) is 4.79 Å². The van der Waals surface area contributed by atoms with Gasteiger partial charge in [-0.3, -0.25) is 4.79 Å². The van der Waals surface area contributed by atoms with Crippen molar-refractivity contribution >= 4 is 11.7 Å². The summed E-state index contributed by atoms with van der Waals surface area (Å²) in [5.74, 6) is 8.47. The predicted molar refractivity (Wildman–Crippen MR) is 95.4 cm³/mol. The summed E-state index contributed by atoms with van der Waals surface area (Å²) in [5, 5.41) is 15.4. The molecule has 0 bridgehead atoms. The average molecular weight is 351 g/mol. The van der Waals surface area contributed by atoms with Crippen molar-refractivity contribution in [1.29, 1.82) is 0 Å². The number of amides is 1. The lowest BCUT2D eigenvalue weighted by Gasteiger charge is -3.08. The summed E-state index contributed by atoms with van der Waals surface area (Å²) in [6.07, 6.45) is 2.01. The molecule has 1 aromatic heterocycles. The minimum atomic E-state index is -0.0165. The van der Waals surface area contributed by atoms with Gasteiger partial charge >= 0.3 is 0 Å². The Balaban J connectivity index is 1.00. The Morgan fingerprint density at radius 3 is 2.46 bits per heavy atom. The Labute approximate surface area is 153 Å². The van der Waals surface area contributed by atoms with Crippen LogP contribution in [0.3, 0.4) is 0 Å². The molecule has 1 aliphatic heterocycles. The number of nitrogens with zero attached hydrogens (tertiary/aromatic N) is 3. The smallest absolute Gasteiger partial charge is 0.274 e. The van der Waals surface area contributed by atoms with Crippen molar-refractivity contribution in [2.24, 2.45) is 46.8 Å². The minimum absolute atomic E-state index is 0.0165. The van der Waals surface area contributed by atoms with E-state index in [1.54, 1.807) is 0 Å². The fraction of sp³-hybridized carbons (Fsp3) is 0.750. The van der Waals surface area contributed by atoms with Crippen molar-refractivity contribution in [3.05, 3.63) is 17.8 Å². The first kappa shape index (κ1) is 14.4. The largest absolute Gasteiger partial charge is 0.368 e. The Morgan fingerprint density at radius 2 is 1.85 bits per heavy atom. The van der Waals surface area contributed by atoms with Gasteiger partial charge in [0.05, 0.1) is 0 Å². The summed E-state index contributed by atoms with van der Waals surface area (Å²) in [5.41, 5.74) is 1.09. The molecule has 1 amide bonds. The zero-order valence-corrected chi connectivity index (χ0v) is 15.1. The number of nitrogens with one attached hydrogen (secondary N) is 2. The molecule has 2 heterocycles. The van der Waals surface area contributed by atoms with Crippen LogP contribution in [0.1, 0.15) is 23.3 Å². The molecule has 0 radical (unpaired) electrons. The molecule has 6 nitrogen and oxygen atoms in total. The van der Waals surface area contributed by atoms with E-state index in [1.807, 2.05) is 24.1 Å². The zero-order valence-electron chi connectivity index (χ0n) is 15.1. The monoisotopic (exact) mass is 351 g/mol. The van der Waals surface area contributed by atoms with Gasteiger partial charge in [-0.1, -0.05) is 0 Å². The van der Waals surface area contributed by atoms with Gasteiger partial charge in [0, 0.05) is 19.6 Å². The molecule has 7 aliphatic rings. The maximum absolute atomic E-state index is 12.7. The second kappa shape index (κ2) is 4.41. The summed E-state index contributed by atoms with van der Waals surface area (Å²) in [4.78, 5) is 14.5. The van der Waals surface area contributed by atoms with Crippen LogP contribution in [0.25, 0.3) is 0 Å².